The molecule has 35 heavy (non-hydrogen) atoms. The molecule has 3 rings (SSSR count). The number of nitrogens with zero attached hydrogens (tertiary/aromatic N) is 1. The highest BCUT2D eigenvalue weighted by atomic mass is 19.4. The van der Waals surface area contributed by atoms with E-state index in [9.17, 15) is 13.2 Å². The SMILES string of the molecule is C=C(NC(=NCc1ccccc1C(F)(F)F)c1ccccc1N)/C(=C\NCCC)c1ccccc1. The minimum atomic E-state index is -4.47. The first-order valence-corrected chi connectivity index (χ1v) is 11.3. The molecular weight excluding hydrogens is 449 g/mol. The van der Waals surface area contributed by atoms with Crippen LogP contribution in [-0.4, -0.2) is 12.4 Å². The van der Waals surface area contributed by atoms with Crippen molar-refractivity contribution in [2.75, 3.05) is 12.3 Å². The summed E-state index contributed by atoms with van der Waals surface area (Å²) >= 11 is 0. The van der Waals surface area contributed by atoms with Crippen LogP contribution in [0.15, 0.2) is 102 Å². The number of para-hydroxylation sites is 1. The third-order valence-corrected chi connectivity index (χ3v) is 5.27. The van der Waals surface area contributed by atoms with Crippen molar-refractivity contribution in [1.29, 1.82) is 0 Å². The van der Waals surface area contributed by atoms with Crippen LogP contribution in [0.5, 0.6) is 0 Å². The fraction of sp³-hybridized carbons (Fsp3) is 0.179. The van der Waals surface area contributed by atoms with Crippen LogP contribution in [0.25, 0.3) is 5.57 Å². The average molecular weight is 479 g/mol. The number of aliphatic imine (C=N–C) groups is 1. The van der Waals surface area contributed by atoms with Crippen molar-refractivity contribution in [1.82, 2.24) is 10.6 Å². The van der Waals surface area contributed by atoms with Crippen molar-refractivity contribution in [3.63, 3.8) is 0 Å². The Morgan fingerprint density at radius 3 is 2.31 bits per heavy atom. The Hall–Kier alpha value is -4.00. The second kappa shape index (κ2) is 11.9. The van der Waals surface area contributed by atoms with Crippen LogP contribution < -0.4 is 16.4 Å². The fourth-order valence-electron chi connectivity index (χ4n) is 3.49. The number of nitrogens with one attached hydrogen (secondary N) is 2. The molecule has 0 aliphatic heterocycles. The lowest BCUT2D eigenvalue weighted by atomic mass is 10.0. The first-order valence-electron chi connectivity index (χ1n) is 11.3. The highest BCUT2D eigenvalue weighted by molar-refractivity contribution is 6.05. The number of benzene rings is 3. The molecule has 4 nitrogen and oxygen atoms in total. The first-order chi connectivity index (χ1) is 16.8. The van der Waals surface area contributed by atoms with Gasteiger partial charge in [0.2, 0.25) is 0 Å². The Bertz CT molecular complexity index is 1200. The van der Waals surface area contributed by atoms with Gasteiger partial charge in [0.15, 0.2) is 0 Å². The number of alkyl halides is 3. The van der Waals surface area contributed by atoms with Gasteiger partial charge in [0.25, 0.3) is 0 Å². The molecule has 0 fully saturated rings. The Kier molecular flexibility index (Phi) is 8.73. The molecule has 0 spiro atoms. The van der Waals surface area contributed by atoms with Gasteiger partial charge in [0.05, 0.1) is 12.1 Å². The second-order valence-electron chi connectivity index (χ2n) is 7.89. The van der Waals surface area contributed by atoms with E-state index < -0.39 is 11.7 Å². The maximum Gasteiger partial charge on any atom is 0.416 e. The number of hydrogen-bond donors (Lipinski definition) is 3. The molecule has 0 bridgehead atoms. The number of nitrogen functional groups attached to an aromatic ring is 1. The smallest absolute Gasteiger partial charge is 0.398 e. The number of nitrogens with two attached hydrogens (primary N) is 1. The van der Waals surface area contributed by atoms with Crippen LogP contribution in [0.3, 0.4) is 0 Å². The second-order valence-corrected chi connectivity index (χ2v) is 7.89. The molecule has 182 valence electrons. The molecule has 3 aromatic rings. The molecule has 0 atom stereocenters. The maximum absolute atomic E-state index is 13.5. The van der Waals surface area contributed by atoms with Crippen molar-refractivity contribution in [2.24, 2.45) is 4.99 Å². The van der Waals surface area contributed by atoms with E-state index in [1.165, 1.54) is 12.1 Å². The van der Waals surface area contributed by atoms with Crippen LogP contribution in [0.4, 0.5) is 18.9 Å². The molecule has 0 saturated heterocycles. The number of anilines is 1. The lowest BCUT2D eigenvalue weighted by Gasteiger charge is -2.18. The van der Waals surface area contributed by atoms with Gasteiger partial charge in [-0.15, -0.1) is 0 Å². The monoisotopic (exact) mass is 478 g/mol. The summed E-state index contributed by atoms with van der Waals surface area (Å²) in [6.07, 6.45) is -1.65. The molecule has 4 N–H and O–H groups in total. The summed E-state index contributed by atoms with van der Waals surface area (Å²) < 4.78 is 40.5. The van der Waals surface area contributed by atoms with E-state index in [4.69, 9.17) is 5.73 Å². The van der Waals surface area contributed by atoms with Crippen LogP contribution >= 0.6 is 0 Å². The molecule has 7 heteroatoms. The topological polar surface area (TPSA) is 62.4 Å². The summed E-state index contributed by atoms with van der Waals surface area (Å²) in [4.78, 5) is 4.53. The number of rotatable bonds is 9. The highest BCUT2D eigenvalue weighted by Gasteiger charge is 2.32. The lowest BCUT2D eigenvalue weighted by molar-refractivity contribution is -0.138. The van der Waals surface area contributed by atoms with Crippen molar-refractivity contribution >= 4 is 17.1 Å². The van der Waals surface area contributed by atoms with E-state index in [-0.39, 0.29) is 12.1 Å². The van der Waals surface area contributed by atoms with Crippen LogP contribution in [0.2, 0.25) is 0 Å². The van der Waals surface area contributed by atoms with E-state index in [0.717, 1.165) is 30.2 Å². The third-order valence-electron chi connectivity index (χ3n) is 5.27. The van der Waals surface area contributed by atoms with Gasteiger partial charge in [-0.1, -0.05) is 74.2 Å². The summed E-state index contributed by atoms with van der Waals surface area (Å²) in [5, 5.41) is 6.48. The van der Waals surface area contributed by atoms with Crippen LogP contribution in [-0.2, 0) is 12.7 Å². The van der Waals surface area contributed by atoms with Crippen LogP contribution in [0, 0.1) is 0 Å². The predicted octanol–water partition coefficient (Wildman–Crippen LogP) is 6.38. The third kappa shape index (κ3) is 6.99. The molecule has 0 unspecified atom stereocenters. The molecule has 3 aromatic carbocycles. The molecule has 0 saturated carbocycles. The molecule has 0 aliphatic rings. The van der Waals surface area contributed by atoms with E-state index in [1.807, 2.05) is 36.5 Å². The van der Waals surface area contributed by atoms with Crippen molar-refractivity contribution in [2.45, 2.75) is 26.1 Å². The summed E-state index contributed by atoms with van der Waals surface area (Å²) in [6, 6.07) is 22.2. The Morgan fingerprint density at radius 1 is 0.971 bits per heavy atom. The minimum absolute atomic E-state index is 0.0721. The number of hydrogen-bond acceptors (Lipinski definition) is 3. The molecule has 0 aliphatic carbocycles. The normalized spacial score (nSPS) is 12.3. The van der Waals surface area contributed by atoms with Gasteiger partial charge in [-0.25, -0.2) is 0 Å². The standard InChI is InChI=1S/C28H29F3N4/c1-3-17-33-19-24(21-11-5-4-6-12-21)20(2)35-27(23-14-8-10-16-26(23)32)34-18-22-13-7-9-15-25(22)28(29,30)31/h4-16,19,33H,2-3,17-18,32H2,1H3,(H,34,35)/b24-19+. The van der Waals surface area contributed by atoms with Gasteiger partial charge in [0, 0.05) is 35.3 Å². The number of halogens is 3. The Balaban J connectivity index is 1.99. The largest absolute Gasteiger partial charge is 0.416 e. The zero-order chi connectivity index (χ0) is 25.3. The Morgan fingerprint density at radius 2 is 1.63 bits per heavy atom. The van der Waals surface area contributed by atoms with Gasteiger partial charge >= 0.3 is 6.18 Å². The zero-order valence-corrected chi connectivity index (χ0v) is 19.6. The number of amidine groups is 1. The minimum Gasteiger partial charge on any atom is -0.398 e. The van der Waals surface area contributed by atoms with E-state index in [0.29, 0.717) is 22.8 Å². The van der Waals surface area contributed by atoms with Crippen molar-refractivity contribution in [3.05, 3.63) is 120 Å². The lowest BCUT2D eigenvalue weighted by Crippen LogP contribution is -2.26. The highest BCUT2D eigenvalue weighted by Crippen LogP contribution is 2.32. The Labute approximate surface area is 204 Å². The molecule has 0 aromatic heterocycles. The molecule has 0 amide bonds. The van der Waals surface area contributed by atoms with E-state index in [2.05, 4.69) is 29.1 Å². The molecule has 0 heterocycles. The summed E-state index contributed by atoms with van der Waals surface area (Å²) in [6.45, 7) is 6.86. The first kappa shape index (κ1) is 25.6. The van der Waals surface area contributed by atoms with Gasteiger partial charge in [-0.3, -0.25) is 4.99 Å². The van der Waals surface area contributed by atoms with E-state index in [1.54, 1.807) is 30.3 Å². The molecule has 0 radical (unpaired) electrons. The van der Waals surface area contributed by atoms with Gasteiger partial charge in [0.1, 0.15) is 5.84 Å². The van der Waals surface area contributed by atoms with Gasteiger partial charge in [-0.05, 0) is 35.7 Å². The van der Waals surface area contributed by atoms with Crippen molar-refractivity contribution in [3.8, 4) is 0 Å². The van der Waals surface area contributed by atoms with Crippen LogP contribution in [0.1, 0.15) is 35.6 Å². The van der Waals surface area contributed by atoms with Crippen molar-refractivity contribution < 1.29 is 13.2 Å². The summed E-state index contributed by atoms with van der Waals surface area (Å²) in [5.41, 5.74) is 8.84. The summed E-state index contributed by atoms with van der Waals surface area (Å²) in [7, 11) is 0. The summed E-state index contributed by atoms with van der Waals surface area (Å²) in [5.74, 6) is 0.336. The maximum atomic E-state index is 13.5. The predicted molar refractivity (Wildman–Crippen MR) is 138 cm³/mol. The number of allylic oxidation sites excluding steroid dienone is 1. The fourth-order valence-corrected chi connectivity index (χ4v) is 3.49. The van der Waals surface area contributed by atoms with Gasteiger partial charge < -0.3 is 16.4 Å². The average Bonchev–Trinajstić information content (AvgIpc) is 2.85. The van der Waals surface area contributed by atoms with Gasteiger partial charge in [-0.2, -0.15) is 13.2 Å². The molecular formula is C28H29F3N4. The zero-order valence-electron chi connectivity index (χ0n) is 19.6. The quantitative estimate of drug-likeness (QED) is 0.110. The van der Waals surface area contributed by atoms with E-state index >= 15 is 0 Å².